The molecule has 0 aliphatic heterocycles. The first kappa shape index (κ1) is 22.0. The van der Waals surface area contributed by atoms with Crippen molar-refractivity contribution in [2.75, 3.05) is 11.3 Å². The molecule has 0 heterocycles. The Morgan fingerprint density at radius 1 is 1.00 bits per heavy atom. The normalized spacial score (nSPS) is 19.1. The second-order valence-electron chi connectivity index (χ2n) is 7.61. The molecule has 1 saturated carbocycles. The van der Waals surface area contributed by atoms with Crippen molar-refractivity contribution in [3.05, 3.63) is 59.7 Å². The van der Waals surface area contributed by atoms with Crippen LogP contribution in [0.25, 0.3) is 0 Å². The van der Waals surface area contributed by atoms with Gasteiger partial charge in [0.15, 0.2) is 5.78 Å². The van der Waals surface area contributed by atoms with Crippen molar-refractivity contribution in [3.63, 3.8) is 0 Å². The number of anilines is 1. The number of aryl methyl sites for hydroxylation is 1. The van der Waals surface area contributed by atoms with Gasteiger partial charge in [-0.25, -0.2) is 8.42 Å². The third-order valence-corrected chi connectivity index (χ3v) is 6.80. The van der Waals surface area contributed by atoms with Crippen molar-refractivity contribution >= 4 is 27.4 Å². The van der Waals surface area contributed by atoms with E-state index in [9.17, 15) is 18.0 Å². The van der Waals surface area contributed by atoms with E-state index in [1.165, 1.54) is 12.1 Å². The van der Waals surface area contributed by atoms with E-state index in [0.717, 1.165) is 5.56 Å². The molecule has 2 aromatic rings. The highest BCUT2D eigenvalue weighted by Crippen LogP contribution is 2.26. The van der Waals surface area contributed by atoms with Crippen LogP contribution >= 0.6 is 0 Å². The monoisotopic (exact) mass is 430 g/mol. The van der Waals surface area contributed by atoms with Gasteiger partial charge in [-0.1, -0.05) is 29.8 Å². The molecule has 3 rings (SSSR count). The highest BCUT2D eigenvalue weighted by molar-refractivity contribution is 7.92. The van der Waals surface area contributed by atoms with Gasteiger partial charge in [0.1, 0.15) is 6.61 Å². The zero-order chi connectivity index (χ0) is 21.7. The minimum absolute atomic E-state index is 0.0954. The third kappa shape index (κ3) is 5.25. The summed E-state index contributed by atoms with van der Waals surface area (Å²) >= 11 is 0. The minimum atomic E-state index is -3.83. The molecule has 0 spiro atoms. The van der Waals surface area contributed by atoms with E-state index < -0.39 is 16.6 Å². The van der Waals surface area contributed by atoms with Crippen molar-refractivity contribution in [2.24, 2.45) is 5.92 Å². The predicted octanol–water partition coefficient (Wildman–Crippen LogP) is 2.65. The molecule has 7 nitrogen and oxygen atoms in total. The minimum Gasteiger partial charge on any atom is -0.389 e. The van der Waals surface area contributed by atoms with Crippen LogP contribution in [0.4, 0.5) is 5.69 Å². The molecule has 1 amide bonds. The number of Topliss-reactive ketones (excluding diaryl/α,β-unsaturated/α-hetero) is 1. The fraction of sp³-hybridized carbons (Fsp3) is 0.364. The van der Waals surface area contributed by atoms with Gasteiger partial charge in [0.05, 0.1) is 16.1 Å². The van der Waals surface area contributed by atoms with Gasteiger partial charge in [0.25, 0.3) is 15.9 Å². The standard InChI is InChI=1S/C22H26N2O5S/c1-15-6-12-18(13-7-15)30(28,29)24-20-5-3-2-4-19(20)22(27)23-17-10-8-16(9-11-17)21(26)14-25/h2-7,12-13,16-17,24-25H,8-11,14H2,1H3,(H,23,27). The van der Waals surface area contributed by atoms with E-state index in [0.29, 0.717) is 25.7 Å². The van der Waals surface area contributed by atoms with Gasteiger partial charge in [0, 0.05) is 12.0 Å². The molecule has 1 aliphatic carbocycles. The lowest BCUT2D eigenvalue weighted by Crippen LogP contribution is -2.39. The van der Waals surface area contributed by atoms with Crippen molar-refractivity contribution in [3.8, 4) is 0 Å². The zero-order valence-corrected chi connectivity index (χ0v) is 17.6. The van der Waals surface area contributed by atoms with Crippen molar-refractivity contribution in [1.29, 1.82) is 0 Å². The Labute approximate surface area is 176 Å². The van der Waals surface area contributed by atoms with E-state index in [-0.39, 0.29) is 39.8 Å². The second kappa shape index (κ2) is 9.40. The summed E-state index contributed by atoms with van der Waals surface area (Å²) in [5, 5.41) is 11.9. The Balaban J connectivity index is 1.70. The maximum Gasteiger partial charge on any atom is 0.261 e. The third-order valence-electron chi connectivity index (χ3n) is 5.42. The summed E-state index contributed by atoms with van der Waals surface area (Å²) in [6, 6.07) is 12.8. The number of aliphatic hydroxyl groups excluding tert-OH is 1. The molecule has 160 valence electrons. The van der Waals surface area contributed by atoms with E-state index in [1.54, 1.807) is 36.4 Å². The summed E-state index contributed by atoms with van der Waals surface area (Å²) in [5.41, 5.74) is 1.39. The molecule has 0 saturated heterocycles. The molecule has 0 aromatic heterocycles. The van der Waals surface area contributed by atoms with Gasteiger partial charge in [-0.3, -0.25) is 14.3 Å². The number of ketones is 1. The summed E-state index contributed by atoms with van der Waals surface area (Å²) in [5.74, 6) is -0.679. The van der Waals surface area contributed by atoms with Crippen LogP contribution in [-0.4, -0.2) is 37.9 Å². The van der Waals surface area contributed by atoms with Crippen molar-refractivity contribution in [1.82, 2.24) is 5.32 Å². The number of sulfonamides is 1. The molecule has 0 atom stereocenters. The number of benzene rings is 2. The van der Waals surface area contributed by atoms with Crippen LogP contribution in [0.15, 0.2) is 53.4 Å². The zero-order valence-electron chi connectivity index (χ0n) is 16.8. The van der Waals surface area contributed by atoms with Gasteiger partial charge in [-0.05, 0) is 56.9 Å². The molecule has 0 bridgehead atoms. The molecule has 1 fully saturated rings. The average molecular weight is 431 g/mol. The lowest BCUT2D eigenvalue weighted by Gasteiger charge is -2.28. The first-order chi connectivity index (χ1) is 14.3. The van der Waals surface area contributed by atoms with Gasteiger partial charge in [-0.2, -0.15) is 0 Å². The first-order valence-corrected chi connectivity index (χ1v) is 11.4. The molecule has 2 aromatic carbocycles. The Morgan fingerprint density at radius 3 is 2.27 bits per heavy atom. The van der Waals surface area contributed by atoms with E-state index in [2.05, 4.69) is 10.0 Å². The van der Waals surface area contributed by atoms with Gasteiger partial charge in [0.2, 0.25) is 0 Å². The molecule has 3 N–H and O–H groups in total. The number of hydrogen-bond acceptors (Lipinski definition) is 5. The maximum atomic E-state index is 12.8. The smallest absolute Gasteiger partial charge is 0.261 e. The summed E-state index contributed by atoms with van der Waals surface area (Å²) < 4.78 is 27.9. The largest absolute Gasteiger partial charge is 0.389 e. The number of carbonyl (C=O) groups is 2. The first-order valence-electron chi connectivity index (χ1n) is 9.93. The lowest BCUT2D eigenvalue weighted by atomic mass is 9.83. The number of rotatable bonds is 7. The van der Waals surface area contributed by atoms with Gasteiger partial charge < -0.3 is 10.4 Å². The molecule has 8 heteroatoms. The summed E-state index contributed by atoms with van der Waals surface area (Å²) in [4.78, 5) is 24.6. The van der Waals surface area contributed by atoms with Crippen molar-refractivity contribution < 1.29 is 23.1 Å². The summed E-state index contributed by atoms with van der Waals surface area (Å²) in [7, 11) is -3.83. The fourth-order valence-electron chi connectivity index (χ4n) is 3.64. The average Bonchev–Trinajstić information content (AvgIpc) is 2.74. The Kier molecular flexibility index (Phi) is 6.89. The van der Waals surface area contributed by atoms with E-state index in [1.807, 2.05) is 6.92 Å². The van der Waals surface area contributed by atoms with Crippen LogP contribution < -0.4 is 10.0 Å². The predicted molar refractivity (Wildman–Crippen MR) is 114 cm³/mol. The maximum absolute atomic E-state index is 12.8. The number of hydrogen-bond donors (Lipinski definition) is 3. The summed E-state index contributed by atoms with van der Waals surface area (Å²) in [6.45, 7) is 1.42. The van der Waals surface area contributed by atoms with E-state index in [4.69, 9.17) is 5.11 Å². The Bertz CT molecular complexity index is 1010. The topological polar surface area (TPSA) is 113 Å². The second-order valence-corrected chi connectivity index (χ2v) is 9.29. The number of para-hydroxylation sites is 1. The van der Waals surface area contributed by atoms with Crippen LogP contribution in [0, 0.1) is 12.8 Å². The number of aliphatic hydroxyl groups is 1. The van der Waals surface area contributed by atoms with Crippen LogP contribution in [0.5, 0.6) is 0 Å². The fourth-order valence-corrected chi connectivity index (χ4v) is 4.72. The molecular formula is C22H26N2O5S. The highest BCUT2D eigenvalue weighted by Gasteiger charge is 2.27. The van der Waals surface area contributed by atoms with Crippen LogP contribution in [0.2, 0.25) is 0 Å². The number of amides is 1. The van der Waals surface area contributed by atoms with Crippen LogP contribution in [-0.2, 0) is 14.8 Å². The number of nitrogens with one attached hydrogen (secondary N) is 2. The highest BCUT2D eigenvalue weighted by atomic mass is 32.2. The van der Waals surface area contributed by atoms with Crippen molar-refractivity contribution in [2.45, 2.75) is 43.5 Å². The number of carbonyl (C=O) groups excluding carboxylic acids is 2. The Morgan fingerprint density at radius 2 is 1.63 bits per heavy atom. The Hall–Kier alpha value is -2.71. The lowest BCUT2D eigenvalue weighted by molar-refractivity contribution is -0.126. The molecule has 30 heavy (non-hydrogen) atoms. The quantitative estimate of drug-likeness (QED) is 0.625. The van der Waals surface area contributed by atoms with Gasteiger partial charge in [-0.15, -0.1) is 0 Å². The van der Waals surface area contributed by atoms with E-state index >= 15 is 0 Å². The molecule has 0 radical (unpaired) electrons. The molecule has 1 aliphatic rings. The SMILES string of the molecule is Cc1ccc(S(=O)(=O)Nc2ccccc2C(=O)NC2CCC(C(=O)CO)CC2)cc1. The molecular weight excluding hydrogens is 404 g/mol. The molecule has 0 unspecified atom stereocenters. The van der Waals surface area contributed by atoms with Gasteiger partial charge >= 0.3 is 0 Å². The summed E-state index contributed by atoms with van der Waals surface area (Å²) in [6.07, 6.45) is 2.51. The van der Waals surface area contributed by atoms with Crippen LogP contribution in [0.1, 0.15) is 41.6 Å². The van der Waals surface area contributed by atoms with Crippen LogP contribution in [0.3, 0.4) is 0 Å².